The summed E-state index contributed by atoms with van der Waals surface area (Å²) in [6, 6.07) is 8.49. The maximum absolute atomic E-state index is 13.0. The molecule has 28 heavy (non-hydrogen) atoms. The van der Waals surface area contributed by atoms with Crippen LogP contribution in [0.15, 0.2) is 41.3 Å². The molecular formula is C19H17Cl2F3N2OS. The Morgan fingerprint density at radius 2 is 1.75 bits per heavy atom. The number of hydrogen-bond acceptors (Lipinski definition) is 3. The average Bonchev–Trinajstić information content (AvgIpc) is 2.66. The number of nitrogens with one attached hydrogen (secondary N) is 1. The zero-order valence-corrected chi connectivity index (χ0v) is 17.0. The van der Waals surface area contributed by atoms with Gasteiger partial charge >= 0.3 is 6.18 Å². The highest BCUT2D eigenvalue weighted by Crippen LogP contribution is 2.37. The van der Waals surface area contributed by atoms with E-state index >= 15 is 0 Å². The van der Waals surface area contributed by atoms with E-state index in [2.05, 4.69) is 4.72 Å². The minimum absolute atomic E-state index is 0.119. The van der Waals surface area contributed by atoms with Crippen molar-refractivity contribution in [1.82, 2.24) is 4.90 Å². The quantitative estimate of drug-likeness (QED) is 0.524. The molecular weight excluding hydrogens is 432 g/mol. The van der Waals surface area contributed by atoms with Crippen LogP contribution in [0.25, 0.3) is 0 Å². The molecule has 1 heterocycles. The van der Waals surface area contributed by atoms with Crippen LogP contribution in [0.1, 0.15) is 35.2 Å². The zero-order chi connectivity index (χ0) is 20.3. The molecule has 0 saturated carbocycles. The SMILES string of the molecule is O=C(c1ccc(Cl)cc1NSc1ccc(Cl)c(C(F)(F)F)c1)N1CCCCC1. The van der Waals surface area contributed by atoms with E-state index in [9.17, 15) is 18.0 Å². The van der Waals surface area contributed by atoms with E-state index in [4.69, 9.17) is 23.2 Å². The Balaban J connectivity index is 1.81. The monoisotopic (exact) mass is 448 g/mol. The number of hydrogen-bond donors (Lipinski definition) is 1. The molecule has 2 aromatic carbocycles. The third-order valence-electron chi connectivity index (χ3n) is 4.38. The number of likely N-dealkylation sites (tertiary alicyclic amines) is 1. The smallest absolute Gasteiger partial charge is 0.339 e. The Morgan fingerprint density at radius 3 is 2.43 bits per heavy atom. The second-order valence-corrected chi connectivity index (χ2v) is 8.11. The molecule has 0 spiro atoms. The Bertz CT molecular complexity index is 871. The van der Waals surface area contributed by atoms with Crippen molar-refractivity contribution in [3.63, 3.8) is 0 Å². The predicted octanol–water partition coefficient (Wildman–Crippen LogP) is 6.76. The lowest BCUT2D eigenvalue weighted by Gasteiger charge is -2.27. The van der Waals surface area contributed by atoms with Gasteiger partial charge in [-0.25, -0.2) is 0 Å². The van der Waals surface area contributed by atoms with Gasteiger partial charge in [0.15, 0.2) is 0 Å². The summed E-state index contributed by atoms with van der Waals surface area (Å²) in [5.41, 5.74) is -0.0166. The van der Waals surface area contributed by atoms with Gasteiger partial charge < -0.3 is 9.62 Å². The Hall–Kier alpha value is -1.57. The molecule has 1 saturated heterocycles. The number of piperidine rings is 1. The van der Waals surface area contributed by atoms with Crippen LogP contribution in [0, 0.1) is 0 Å². The van der Waals surface area contributed by atoms with Gasteiger partial charge in [0.25, 0.3) is 5.91 Å². The van der Waals surface area contributed by atoms with Crippen LogP contribution in [-0.2, 0) is 6.18 Å². The average molecular weight is 449 g/mol. The summed E-state index contributed by atoms with van der Waals surface area (Å²) >= 11 is 12.7. The summed E-state index contributed by atoms with van der Waals surface area (Å²) in [4.78, 5) is 14.9. The molecule has 1 fully saturated rings. The molecule has 0 atom stereocenters. The number of nitrogens with zero attached hydrogens (tertiary/aromatic N) is 1. The first-order chi connectivity index (χ1) is 13.3. The second kappa shape index (κ2) is 8.84. The van der Waals surface area contributed by atoms with Crippen molar-refractivity contribution in [2.45, 2.75) is 30.3 Å². The van der Waals surface area contributed by atoms with Crippen LogP contribution < -0.4 is 4.72 Å². The normalized spacial score (nSPS) is 14.8. The number of anilines is 1. The van der Waals surface area contributed by atoms with Gasteiger partial charge in [-0.3, -0.25) is 4.79 Å². The fraction of sp³-hybridized carbons (Fsp3) is 0.316. The third kappa shape index (κ3) is 5.07. The highest BCUT2D eigenvalue weighted by molar-refractivity contribution is 8.00. The molecule has 0 bridgehead atoms. The van der Waals surface area contributed by atoms with E-state index < -0.39 is 11.7 Å². The topological polar surface area (TPSA) is 32.3 Å². The Morgan fingerprint density at radius 1 is 1.04 bits per heavy atom. The fourth-order valence-electron chi connectivity index (χ4n) is 2.95. The van der Waals surface area contributed by atoms with Gasteiger partial charge in [-0.05, 0) is 67.6 Å². The molecule has 1 N–H and O–H groups in total. The summed E-state index contributed by atoms with van der Waals surface area (Å²) < 4.78 is 42.1. The fourth-order valence-corrected chi connectivity index (χ4v) is 4.06. The van der Waals surface area contributed by atoms with Crippen molar-refractivity contribution in [3.8, 4) is 0 Å². The van der Waals surface area contributed by atoms with Crippen molar-refractivity contribution < 1.29 is 18.0 Å². The molecule has 3 nitrogen and oxygen atoms in total. The molecule has 0 unspecified atom stereocenters. The van der Waals surface area contributed by atoms with Crippen molar-refractivity contribution >= 4 is 46.7 Å². The first-order valence-electron chi connectivity index (χ1n) is 8.64. The van der Waals surface area contributed by atoms with E-state index in [-0.39, 0.29) is 10.9 Å². The van der Waals surface area contributed by atoms with Crippen LogP contribution >= 0.6 is 35.1 Å². The molecule has 2 aromatic rings. The van der Waals surface area contributed by atoms with Gasteiger partial charge in [0.1, 0.15) is 0 Å². The lowest BCUT2D eigenvalue weighted by molar-refractivity contribution is -0.137. The molecule has 0 aromatic heterocycles. The van der Waals surface area contributed by atoms with E-state index in [1.807, 2.05) is 0 Å². The minimum atomic E-state index is -4.54. The van der Waals surface area contributed by atoms with Crippen LogP contribution in [0.2, 0.25) is 10.0 Å². The van der Waals surface area contributed by atoms with Crippen molar-refractivity contribution in [1.29, 1.82) is 0 Å². The maximum atomic E-state index is 13.0. The summed E-state index contributed by atoms with van der Waals surface area (Å²) in [6.07, 6.45) is -1.52. The Labute approximate surface area is 175 Å². The van der Waals surface area contributed by atoms with Gasteiger partial charge in [-0.1, -0.05) is 23.2 Å². The lowest BCUT2D eigenvalue weighted by Crippen LogP contribution is -2.35. The summed E-state index contributed by atoms with van der Waals surface area (Å²) in [5.74, 6) is -0.119. The van der Waals surface area contributed by atoms with Crippen molar-refractivity contribution in [2.24, 2.45) is 0 Å². The zero-order valence-electron chi connectivity index (χ0n) is 14.7. The number of amides is 1. The summed E-state index contributed by atoms with van der Waals surface area (Å²) in [7, 11) is 0. The van der Waals surface area contributed by atoms with E-state index in [0.717, 1.165) is 37.3 Å². The van der Waals surface area contributed by atoms with Crippen LogP contribution in [0.4, 0.5) is 18.9 Å². The predicted molar refractivity (Wildman–Crippen MR) is 107 cm³/mol. The minimum Gasteiger partial charge on any atom is -0.339 e. The molecule has 1 amide bonds. The number of alkyl halides is 3. The van der Waals surface area contributed by atoms with Gasteiger partial charge in [0, 0.05) is 23.0 Å². The summed E-state index contributed by atoms with van der Waals surface area (Å²) in [5, 5.41) is 0.0611. The van der Waals surface area contributed by atoms with Crippen molar-refractivity contribution in [2.75, 3.05) is 17.8 Å². The number of benzene rings is 2. The molecule has 1 aliphatic heterocycles. The van der Waals surface area contributed by atoms with Gasteiger partial charge in [-0.2, -0.15) is 13.2 Å². The molecule has 150 valence electrons. The first kappa shape index (κ1) is 21.1. The first-order valence-corrected chi connectivity index (χ1v) is 10.2. The van der Waals surface area contributed by atoms with Crippen LogP contribution in [0.3, 0.4) is 0 Å². The van der Waals surface area contributed by atoms with Crippen LogP contribution in [0.5, 0.6) is 0 Å². The molecule has 1 aliphatic rings. The van der Waals surface area contributed by atoms with Gasteiger partial charge in [0.05, 0.1) is 21.8 Å². The summed E-state index contributed by atoms with van der Waals surface area (Å²) in [6.45, 7) is 1.39. The molecule has 9 heteroatoms. The molecule has 3 rings (SSSR count). The van der Waals surface area contributed by atoms with E-state index in [1.54, 1.807) is 23.1 Å². The highest BCUT2D eigenvalue weighted by Gasteiger charge is 2.33. The highest BCUT2D eigenvalue weighted by atomic mass is 35.5. The largest absolute Gasteiger partial charge is 0.417 e. The van der Waals surface area contributed by atoms with Crippen molar-refractivity contribution in [3.05, 3.63) is 57.6 Å². The standard InChI is InChI=1S/C19H17Cl2F3N2OS/c20-12-4-6-14(18(27)26-8-2-1-3-9-26)17(10-12)25-28-13-5-7-16(21)15(11-13)19(22,23)24/h4-7,10-11,25H,1-3,8-9H2. The Kier molecular flexibility index (Phi) is 6.68. The van der Waals surface area contributed by atoms with Gasteiger partial charge in [0.2, 0.25) is 0 Å². The maximum Gasteiger partial charge on any atom is 0.417 e. The van der Waals surface area contributed by atoms with E-state index in [0.29, 0.717) is 34.3 Å². The molecule has 0 radical (unpaired) electrons. The second-order valence-electron chi connectivity index (χ2n) is 6.39. The van der Waals surface area contributed by atoms with E-state index in [1.165, 1.54) is 12.1 Å². The number of rotatable bonds is 4. The molecule has 0 aliphatic carbocycles. The third-order valence-corrected chi connectivity index (χ3v) is 5.75. The van der Waals surface area contributed by atoms with Gasteiger partial charge in [-0.15, -0.1) is 0 Å². The lowest BCUT2D eigenvalue weighted by atomic mass is 10.1. The number of carbonyl (C=O) groups is 1. The number of halogens is 5. The number of carbonyl (C=O) groups excluding carboxylic acids is 1. The van der Waals surface area contributed by atoms with Crippen LogP contribution in [-0.4, -0.2) is 23.9 Å².